The molecule has 3 nitrogen and oxygen atoms in total. The summed E-state index contributed by atoms with van der Waals surface area (Å²) in [7, 11) is 0. The lowest BCUT2D eigenvalue weighted by molar-refractivity contribution is -0.136. The molecule has 3 heterocycles. The molecule has 3 aliphatic heterocycles. The first-order valence-corrected chi connectivity index (χ1v) is 6.17. The largest absolute Gasteiger partial charge is 0.378 e. The van der Waals surface area contributed by atoms with Crippen LogP contribution in [0.15, 0.2) is 12.2 Å². The number of carbonyl (C=O) groups is 1. The topological polar surface area (TPSA) is 29.5 Å². The van der Waals surface area contributed by atoms with Crippen molar-refractivity contribution in [1.29, 1.82) is 0 Å². The van der Waals surface area contributed by atoms with Gasteiger partial charge in [0.25, 0.3) is 0 Å². The first kappa shape index (κ1) is 11.8. The van der Waals surface area contributed by atoms with Crippen molar-refractivity contribution < 1.29 is 9.53 Å². The van der Waals surface area contributed by atoms with E-state index in [1.807, 2.05) is 19.9 Å². The molecule has 0 aromatic heterocycles. The molecule has 0 aliphatic carbocycles. The highest BCUT2D eigenvalue weighted by atomic mass is 16.5. The summed E-state index contributed by atoms with van der Waals surface area (Å²) in [4.78, 5) is 14.0. The summed E-state index contributed by atoms with van der Waals surface area (Å²) in [6, 6.07) is 1.51. The van der Waals surface area contributed by atoms with Gasteiger partial charge in [-0.05, 0) is 19.4 Å². The quantitative estimate of drug-likeness (QED) is 0.678. The fourth-order valence-electron chi connectivity index (χ4n) is 2.56. The molecule has 3 saturated heterocycles. The Hall–Kier alpha value is -0.670. The van der Waals surface area contributed by atoms with Crippen LogP contribution in [0.2, 0.25) is 0 Å². The van der Waals surface area contributed by atoms with Crippen molar-refractivity contribution in [3.8, 4) is 0 Å². The molecular weight excluding hydrogens is 202 g/mol. The summed E-state index contributed by atoms with van der Waals surface area (Å²) < 4.78 is 5.44. The number of hydrogen-bond donors (Lipinski definition) is 0. The molecule has 0 amide bonds. The molecular formula is C13H21NO2. The van der Waals surface area contributed by atoms with Gasteiger partial charge in [-0.1, -0.05) is 19.9 Å². The molecule has 3 heteroatoms. The van der Waals surface area contributed by atoms with Gasteiger partial charge >= 0.3 is 0 Å². The van der Waals surface area contributed by atoms with Crippen LogP contribution in [-0.4, -0.2) is 42.0 Å². The molecule has 0 spiro atoms. The van der Waals surface area contributed by atoms with Crippen LogP contribution in [-0.2, 0) is 9.53 Å². The zero-order valence-electron chi connectivity index (χ0n) is 10.3. The van der Waals surface area contributed by atoms with E-state index >= 15 is 0 Å². The van der Waals surface area contributed by atoms with Gasteiger partial charge in [-0.3, -0.25) is 9.69 Å². The number of fused-ring (bicyclic) bond motifs is 2. The van der Waals surface area contributed by atoms with E-state index in [9.17, 15) is 4.79 Å². The molecule has 3 aliphatic rings. The van der Waals surface area contributed by atoms with Crippen LogP contribution >= 0.6 is 0 Å². The standard InChI is InChI=1S/C13H21NO2/c1-9(2)13(15)5-4-10(3)14-11-6-12(14)8-16-7-11/h4-5,9-12H,6-8H2,1-3H3/b5-4+. The Morgan fingerprint density at radius 1 is 1.31 bits per heavy atom. The maximum Gasteiger partial charge on any atom is 0.157 e. The summed E-state index contributed by atoms with van der Waals surface area (Å²) in [6.07, 6.45) is 5.04. The summed E-state index contributed by atoms with van der Waals surface area (Å²) in [5.41, 5.74) is 0. The molecule has 0 aromatic carbocycles. The van der Waals surface area contributed by atoms with Crippen molar-refractivity contribution in [2.75, 3.05) is 13.2 Å². The van der Waals surface area contributed by atoms with E-state index in [2.05, 4.69) is 11.8 Å². The number of hydrogen-bond acceptors (Lipinski definition) is 3. The van der Waals surface area contributed by atoms with E-state index in [1.54, 1.807) is 6.08 Å². The van der Waals surface area contributed by atoms with Gasteiger partial charge in [0, 0.05) is 24.0 Å². The van der Waals surface area contributed by atoms with Crippen molar-refractivity contribution in [2.24, 2.45) is 5.92 Å². The zero-order chi connectivity index (χ0) is 11.7. The lowest BCUT2D eigenvalue weighted by Gasteiger charge is -2.54. The van der Waals surface area contributed by atoms with Gasteiger partial charge < -0.3 is 4.74 Å². The van der Waals surface area contributed by atoms with Crippen LogP contribution in [0.1, 0.15) is 27.2 Å². The van der Waals surface area contributed by atoms with Crippen LogP contribution in [0.4, 0.5) is 0 Å². The molecule has 3 rings (SSSR count). The van der Waals surface area contributed by atoms with E-state index < -0.39 is 0 Å². The number of carbonyl (C=O) groups excluding carboxylic acids is 1. The zero-order valence-corrected chi connectivity index (χ0v) is 10.3. The number of rotatable bonds is 4. The summed E-state index contributed by atoms with van der Waals surface area (Å²) in [5, 5.41) is 0. The third-order valence-corrected chi connectivity index (χ3v) is 3.59. The number of ether oxygens (including phenoxy) is 1. The molecule has 3 unspecified atom stereocenters. The molecule has 0 aromatic rings. The van der Waals surface area contributed by atoms with Gasteiger partial charge in [0.05, 0.1) is 13.2 Å². The summed E-state index contributed by atoms with van der Waals surface area (Å²) in [5.74, 6) is 0.316. The predicted octanol–water partition coefficient (Wildman–Crippen LogP) is 1.63. The van der Waals surface area contributed by atoms with E-state index in [4.69, 9.17) is 4.74 Å². The van der Waals surface area contributed by atoms with Crippen molar-refractivity contribution in [3.05, 3.63) is 12.2 Å². The van der Waals surface area contributed by atoms with Gasteiger partial charge in [-0.15, -0.1) is 0 Å². The Labute approximate surface area is 97.5 Å². The lowest BCUT2D eigenvalue weighted by Crippen LogP contribution is -2.65. The Morgan fingerprint density at radius 3 is 2.44 bits per heavy atom. The van der Waals surface area contributed by atoms with E-state index in [0.29, 0.717) is 18.1 Å². The average Bonchev–Trinajstić information content (AvgIpc) is 2.26. The van der Waals surface area contributed by atoms with Crippen molar-refractivity contribution in [2.45, 2.75) is 45.3 Å². The Bertz CT molecular complexity index is 284. The van der Waals surface area contributed by atoms with E-state index in [0.717, 1.165) is 13.2 Å². The van der Waals surface area contributed by atoms with Crippen molar-refractivity contribution >= 4 is 5.78 Å². The van der Waals surface area contributed by atoms with Gasteiger partial charge in [0.15, 0.2) is 5.78 Å². The van der Waals surface area contributed by atoms with Gasteiger partial charge in [0.2, 0.25) is 0 Å². The molecule has 0 saturated carbocycles. The summed E-state index contributed by atoms with van der Waals surface area (Å²) in [6.45, 7) is 7.74. The Morgan fingerprint density at radius 2 is 1.94 bits per heavy atom. The molecule has 0 radical (unpaired) electrons. The second-order valence-corrected chi connectivity index (χ2v) is 5.18. The minimum atomic E-state index is 0.0997. The maximum atomic E-state index is 11.5. The van der Waals surface area contributed by atoms with Crippen molar-refractivity contribution in [3.63, 3.8) is 0 Å². The number of morpholine rings is 1. The fourth-order valence-corrected chi connectivity index (χ4v) is 2.56. The molecule has 16 heavy (non-hydrogen) atoms. The highest BCUT2D eigenvalue weighted by Crippen LogP contribution is 2.32. The first-order valence-electron chi connectivity index (χ1n) is 6.17. The molecule has 2 bridgehead atoms. The third kappa shape index (κ3) is 2.20. The second kappa shape index (κ2) is 4.68. The number of ketones is 1. The number of allylic oxidation sites excluding steroid dienone is 1. The highest BCUT2D eigenvalue weighted by molar-refractivity contribution is 5.91. The fraction of sp³-hybridized carbons (Fsp3) is 0.769. The van der Waals surface area contributed by atoms with Crippen LogP contribution in [0, 0.1) is 5.92 Å². The van der Waals surface area contributed by atoms with E-state index in [1.165, 1.54) is 6.42 Å². The van der Waals surface area contributed by atoms with Crippen LogP contribution in [0.25, 0.3) is 0 Å². The minimum absolute atomic E-state index is 0.0997. The Kier molecular flexibility index (Phi) is 3.45. The summed E-state index contributed by atoms with van der Waals surface area (Å²) >= 11 is 0. The lowest BCUT2D eigenvalue weighted by atomic mass is 9.89. The molecule has 3 fully saturated rings. The van der Waals surface area contributed by atoms with Crippen LogP contribution < -0.4 is 0 Å². The molecule has 0 N–H and O–H groups in total. The Balaban J connectivity index is 1.89. The SMILES string of the molecule is CC(C)C(=O)/C=C/C(C)N1C2COCC1C2. The maximum absolute atomic E-state index is 11.5. The van der Waals surface area contributed by atoms with Crippen LogP contribution in [0.3, 0.4) is 0 Å². The monoisotopic (exact) mass is 223 g/mol. The smallest absolute Gasteiger partial charge is 0.157 e. The molecule has 3 atom stereocenters. The van der Waals surface area contributed by atoms with E-state index in [-0.39, 0.29) is 11.7 Å². The first-order chi connectivity index (χ1) is 7.59. The predicted molar refractivity (Wildman–Crippen MR) is 63.3 cm³/mol. The minimum Gasteiger partial charge on any atom is -0.378 e. The third-order valence-electron chi connectivity index (χ3n) is 3.59. The normalized spacial score (nSPS) is 31.8. The van der Waals surface area contributed by atoms with Crippen LogP contribution in [0.5, 0.6) is 0 Å². The van der Waals surface area contributed by atoms with Gasteiger partial charge in [-0.2, -0.15) is 0 Å². The van der Waals surface area contributed by atoms with Gasteiger partial charge in [-0.25, -0.2) is 0 Å². The second-order valence-electron chi connectivity index (χ2n) is 5.18. The number of nitrogens with zero attached hydrogens (tertiary/aromatic N) is 1. The average molecular weight is 223 g/mol. The highest BCUT2D eigenvalue weighted by Gasteiger charge is 2.43. The van der Waals surface area contributed by atoms with Gasteiger partial charge in [0.1, 0.15) is 0 Å². The van der Waals surface area contributed by atoms with Crippen molar-refractivity contribution in [1.82, 2.24) is 4.90 Å². The molecule has 90 valence electrons.